The van der Waals surface area contributed by atoms with Gasteiger partial charge in [-0.3, -0.25) is 0 Å². The van der Waals surface area contributed by atoms with Crippen LogP contribution in [0.25, 0.3) is 10.6 Å². The van der Waals surface area contributed by atoms with E-state index < -0.39 is 0 Å². The minimum absolute atomic E-state index is 0.648. The molecule has 1 heterocycles. The molecule has 0 aliphatic rings. The summed E-state index contributed by atoms with van der Waals surface area (Å²) < 4.78 is 0. The highest BCUT2D eigenvalue weighted by molar-refractivity contribution is 7.13. The minimum atomic E-state index is 0.648. The van der Waals surface area contributed by atoms with Crippen molar-refractivity contribution in [3.8, 4) is 10.6 Å². The van der Waals surface area contributed by atoms with Crippen LogP contribution in [0, 0.1) is 0 Å². The van der Waals surface area contributed by atoms with Gasteiger partial charge in [-0.05, 0) is 12.1 Å². The van der Waals surface area contributed by atoms with Crippen molar-refractivity contribution in [3.63, 3.8) is 0 Å². The average Bonchev–Trinajstić information content (AvgIpc) is 2.57. The first kappa shape index (κ1) is 8.53. The number of nitrogens with zero attached hydrogens (tertiary/aromatic N) is 1. The fourth-order valence-electron chi connectivity index (χ4n) is 1.11. The highest BCUT2D eigenvalue weighted by Gasteiger charge is 2.08. The summed E-state index contributed by atoms with van der Waals surface area (Å²) >= 11 is 7.54. The summed E-state index contributed by atoms with van der Waals surface area (Å²) in [7, 11) is 0. The highest BCUT2D eigenvalue weighted by Crippen LogP contribution is 2.33. The molecule has 0 atom stereocenters. The molecule has 2 N–H and O–H groups in total. The Morgan fingerprint density at radius 2 is 2.23 bits per heavy atom. The van der Waals surface area contributed by atoms with Crippen LogP contribution in [0.2, 0.25) is 5.02 Å². The van der Waals surface area contributed by atoms with Gasteiger partial charge < -0.3 is 5.73 Å². The molecule has 13 heavy (non-hydrogen) atoms. The summed E-state index contributed by atoms with van der Waals surface area (Å²) in [4.78, 5) is 4.16. The third-order valence-corrected chi connectivity index (χ3v) is 2.80. The summed E-state index contributed by atoms with van der Waals surface area (Å²) in [5.41, 5.74) is 7.30. The number of hydrogen-bond donors (Lipinski definition) is 1. The number of nitrogens with two attached hydrogens (primary N) is 1. The minimum Gasteiger partial charge on any atom is -0.398 e. The highest BCUT2D eigenvalue weighted by atomic mass is 35.5. The van der Waals surface area contributed by atoms with Gasteiger partial charge in [0, 0.05) is 17.3 Å². The summed E-state index contributed by atoms with van der Waals surface area (Å²) in [5, 5.41) is 3.41. The van der Waals surface area contributed by atoms with Crippen LogP contribution in [-0.4, -0.2) is 4.98 Å². The van der Waals surface area contributed by atoms with Crippen LogP contribution < -0.4 is 5.73 Å². The van der Waals surface area contributed by atoms with Crippen molar-refractivity contribution < 1.29 is 0 Å². The van der Waals surface area contributed by atoms with E-state index in [1.807, 2.05) is 23.6 Å². The zero-order valence-electron chi connectivity index (χ0n) is 6.70. The Hall–Kier alpha value is -1.06. The number of nitrogen functional groups attached to an aromatic ring is 1. The fraction of sp³-hybridized carbons (Fsp3) is 0. The van der Waals surface area contributed by atoms with Crippen LogP contribution >= 0.6 is 22.9 Å². The van der Waals surface area contributed by atoms with Gasteiger partial charge in [0.05, 0.1) is 10.6 Å². The third kappa shape index (κ3) is 1.53. The number of thiazole rings is 1. The van der Waals surface area contributed by atoms with E-state index in [1.54, 1.807) is 6.20 Å². The lowest BCUT2D eigenvalue weighted by atomic mass is 10.2. The largest absolute Gasteiger partial charge is 0.398 e. The van der Waals surface area contributed by atoms with Crippen LogP contribution in [0.1, 0.15) is 0 Å². The summed E-state index contributed by atoms with van der Waals surface area (Å²) in [5.74, 6) is 0. The van der Waals surface area contributed by atoms with Crippen molar-refractivity contribution in [2.75, 3.05) is 5.73 Å². The molecule has 0 aliphatic carbocycles. The number of benzene rings is 1. The lowest BCUT2D eigenvalue weighted by Crippen LogP contribution is -1.89. The molecule has 1 aromatic heterocycles. The summed E-state index contributed by atoms with van der Waals surface area (Å²) in [6.07, 6.45) is 1.74. The van der Waals surface area contributed by atoms with E-state index in [2.05, 4.69) is 4.98 Å². The first-order valence-electron chi connectivity index (χ1n) is 3.73. The normalized spacial score (nSPS) is 10.2. The Morgan fingerprint density at radius 1 is 1.38 bits per heavy atom. The molecular weight excluding hydrogens is 204 g/mol. The number of hydrogen-bond acceptors (Lipinski definition) is 3. The first-order valence-corrected chi connectivity index (χ1v) is 4.98. The molecule has 66 valence electrons. The Morgan fingerprint density at radius 3 is 2.85 bits per heavy atom. The second-order valence-corrected chi connectivity index (χ2v) is 3.84. The Bertz CT molecular complexity index is 391. The van der Waals surface area contributed by atoms with E-state index >= 15 is 0 Å². The molecule has 2 rings (SSSR count). The molecule has 2 nitrogen and oxygen atoms in total. The van der Waals surface area contributed by atoms with Gasteiger partial charge in [-0.25, -0.2) is 4.98 Å². The smallest absolute Gasteiger partial charge is 0.126 e. The molecule has 0 saturated carbocycles. The molecule has 0 bridgehead atoms. The van der Waals surface area contributed by atoms with Crippen molar-refractivity contribution in [1.29, 1.82) is 0 Å². The molecule has 4 heteroatoms. The van der Waals surface area contributed by atoms with Gasteiger partial charge >= 0.3 is 0 Å². The zero-order valence-corrected chi connectivity index (χ0v) is 8.27. The molecule has 0 aliphatic heterocycles. The quantitative estimate of drug-likeness (QED) is 0.735. The van der Waals surface area contributed by atoms with Crippen LogP contribution in [-0.2, 0) is 0 Å². The van der Waals surface area contributed by atoms with Crippen LogP contribution in [0.15, 0.2) is 29.8 Å². The van der Waals surface area contributed by atoms with Crippen LogP contribution in [0.3, 0.4) is 0 Å². The molecule has 1 aromatic carbocycles. The predicted octanol–water partition coefficient (Wildman–Crippen LogP) is 3.05. The van der Waals surface area contributed by atoms with E-state index in [4.69, 9.17) is 17.3 Å². The van der Waals surface area contributed by atoms with Gasteiger partial charge in [0.1, 0.15) is 5.01 Å². The van der Waals surface area contributed by atoms with Crippen LogP contribution in [0.4, 0.5) is 5.69 Å². The van der Waals surface area contributed by atoms with Gasteiger partial charge in [0.25, 0.3) is 0 Å². The SMILES string of the molecule is Nc1cccc(Cl)c1-c1nccs1. The Labute approximate surface area is 85.0 Å². The maximum atomic E-state index is 6.01. The van der Waals surface area contributed by atoms with Gasteiger partial charge in [-0.1, -0.05) is 17.7 Å². The molecule has 0 amide bonds. The maximum Gasteiger partial charge on any atom is 0.126 e. The van der Waals surface area contributed by atoms with Crippen molar-refractivity contribution in [2.45, 2.75) is 0 Å². The van der Waals surface area contributed by atoms with Crippen molar-refractivity contribution in [2.24, 2.45) is 0 Å². The second kappa shape index (κ2) is 3.36. The van der Waals surface area contributed by atoms with Crippen LogP contribution in [0.5, 0.6) is 0 Å². The van der Waals surface area contributed by atoms with Crippen molar-refractivity contribution in [1.82, 2.24) is 4.98 Å². The summed E-state index contributed by atoms with van der Waals surface area (Å²) in [6, 6.07) is 5.46. The number of rotatable bonds is 1. The predicted molar refractivity (Wildman–Crippen MR) is 57.0 cm³/mol. The molecule has 0 fully saturated rings. The first-order chi connectivity index (χ1) is 6.29. The van der Waals surface area contributed by atoms with E-state index in [0.717, 1.165) is 10.6 Å². The third-order valence-electron chi connectivity index (χ3n) is 1.69. The van der Waals surface area contributed by atoms with E-state index in [9.17, 15) is 0 Å². The van der Waals surface area contributed by atoms with Crippen molar-refractivity contribution in [3.05, 3.63) is 34.8 Å². The number of anilines is 1. The lowest BCUT2D eigenvalue weighted by molar-refractivity contribution is 1.41. The van der Waals surface area contributed by atoms with Gasteiger partial charge in [0.2, 0.25) is 0 Å². The maximum absolute atomic E-state index is 6.01. The zero-order chi connectivity index (χ0) is 9.26. The van der Waals surface area contributed by atoms with Crippen molar-refractivity contribution >= 4 is 28.6 Å². The van der Waals surface area contributed by atoms with Gasteiger partial charge in [-0.2, -0.15) is 0 Å². The molecule has 0 unspecified atom stereocenters. The van der Waals surface area contributed by atoms with E-state index in [0.29, 0.717) is 10.7 Å². The average molecular weight is 211 g/mol. The Balaban J connectivity index is 2.64. The standard InChI is InChI=1S/C9H7ClN2S/c10-6-2-1-3-7(11)8(6)9-12-4-5-13-9/h1-5H,11H2. The molecule has 0 spiro atoms. The second-order valence-electron chi connectivity index (χ2n) is 2.54. The number of halogens is 1. The lowest BCUT2D eigenvalue weighted by Gasteiger charge is -2.03. The Kier molecular flexibility index (Phi) is 2.20. The molecule has 0 radical (unpaired) electrons. The van der Waals surface area contributed by atoms with Gasteiger partial charge in [-0.15, -0.1) is 11.3 Å². The van der Waals surface area contributed by atoms with E-state index in [-0.39, 0.29) is 0 Å². The monoisotopic (exact) mass is 210 g/mol. The molecule has 0 saturated heterocycles. The van der Waals surface area contributed by atoms with Gasteiger partial charge in [0.15, 0.2) is 0 Å². The molecule has 2 aromatic rings. The van der Waals surface area contributed by atoms with E-state index in [1.165, 1.54) is 11.3 Å². The number of aromatic nitrogens is 1. The summed E-state index contributed by atoms with van der Waals surface area (Å²) in [6.45, 7) is 0. The fourth-order valence-corrected chi connectivity index (χ4v) is 2.16. The molecular formula is C9H7ClN2S. The topological polar surface area (TPSA) is 38.9 Å².